The molecule has 0 bridgehead atoms. The molecule has 0 saturated carbocycles. The highest BCUT2D eigenvalue weighted by Crippen LogP contribution is 2.38. The van der Waals surface area contributed by atoms with Gasteiger partial charge in [-0.2, -0.15) is 5.26 Å². The number of phenols is 1. The molecule has 4 aromatic rings. The lowest BCUT2D eigenvalue weighted by Gasteiger charge is -2.18. The van der Waals surface area contributed by atoms with Crippen LogP contribution in [0.4, 0.5) is 0 Å². The van der Waals surface area contributed by atoms with Crippen LogP contribution in [0.3, 0.4) is 0 Å². The maximum atomic E-state index is 10.7. The Morgan fingerprint density at radius 2 is 1.83 bits per heavy atom. The van der Waals surface area contributed by atoms with Gasteiger partial charge in [0, 0.05) is 22.9 Å². The Balaban J connectivity index is 1.84. The average molecular weight is 398 g/mol. The molecule has 0 aliphatic heterocycles. The number of aromatic hydroxyl groups is 1. The van der Waals surface area contributed by atoms with Gasteiger partial charge in [-0.15, -0.1) is 11.3 Å². The molecule has 0 saturated heterocycles. The molecule has 0 unspecified atom stereocenters. The second-order valence-electron chi connectivity index (χ2n) is 6.76. The first-order chi connectivity index (χ1) is 14.2. The molecule has 1 aromatic heterocycles. The Morgan fingerprint density at radius 1 is 1.07 bits per heavy atom. The van der Waals surface area contributed by atoms with E-state index in [1.807, 2.05) is 73.0 Å². The van der Waals surface area contributed by atoms with Gasteiger partial charge in [0.25, 0.3) is 0 Å². The van der Waals surface area contributed by atoms with Crippen molar-refractivity contribution >= 4 is 28.3 Å². The van der Waals surface area contributed by atoms with Crippen LogP contribution in [0, 0.1) is 18.3 Å². The van der Waals surface area contributed by atoms with Crippen molar-refractivity contribution in [1.29, 1.82) is 5.26 Å². The van der Waals surface area contributed by atoms with Crippen molar-refractivity contribution in [3.63, 3.8) is 0 Å². The first-order valence-electron chi connectivity index (χ1n) is 9.28. The summed E-state index contributed by atoms with van der Waals surface area (Å²) >= 11 is 1.46. The van der Waals surface area contributed by atoms with Gasteiger partial charge in [0.2, 0.25) is 0 Å². The summed E-state index contributed by atoms with van der Waals surface area (Å²) in [5.41, 5.74) is 2.57. The molecular formula is C24H19N3OS. The molecule has 0 radical (unpaired) electrons. The minimum atomic E-state index is -0.531. The van der Waals surface area contributed by atoms with Gasteiger partial charge in [0.1, 0.15) is 22.7 Å². The summed E-state index contributed by atoms with van der Waals surface area (Å²) in [7, 11) is 0. The summed E-state index contributed by atoms with van der Waals surface area (Å²) in [5, 5.41) is 25.0. The second-order valence-corrected chi connectivity index (χ2v) is 7.65. The predicted octanol–water partition coefficient (Wildman–Crippen LogP) is 5.78. The van der Waals surface area contributed by atoms with E-state index in [1.165, 1.54) is 11.3 Å². The minimum Gasteiger partial charge on any atom is -0.508 e. The van der Waals surface area contributed by atoms with Gasteiger partial charge in [-0.05, 0) is 29.3 Å². The summed E-state index contributed by atoms with van der Waals surface area (Å²) < 4.78 is 0. The van der Waals surface area contributed by atoms with Gasteiger partial charge in [-0.25, -0.2) is 4.98 Å². The van der Waals surface area contributed by atoms with Crippen LogP contribution in [0.5, 0.6) is 5.75 Å². The number of thiazole rings is 1. The van der Waals surface area contributed by atoms with Crippen molar-refractivity contribution in [2.75, 3.05) is 0 Å². The quantitative estimate of drug-likeness (QED) is 0.434. The van der Waals surface area contributed by atoms with Gasteiger partial charge in [0.15, 0.2) is 0 Å². The number of hydrogen-bond acceptors (Lipinski definition) is 5. The summed E-state index contributed by atoms with van der Waals surface area (Å²) in [6.07, 6.45) is 1.65. The molecule has 4 rings (SSSR count). The third-order valence-electron chi connectivity index (χ3n) is 4.76. The molecular weight excluding hydrogens is 378 g/mol. The van der Waals surface area contributed by atoms with E-state index in [9.17, 15) is 10.4 Å². The third kappa shape index (κ3) is 3.89. The van der Waals surface area contributed by atoms with Crippen LogP contribution < -0.4 is 0 Å². The number of phenolic OH excluding ortho intramolecular Hbond substituents is 1. The van der Waals surface area contributed by atoms with Crippen molar-refractivity contribution in [3.05, 3.63) is 93.9 Å². The lowest BCUT2D eigenvalue weighted by atomic mass is 9.93. The van der Waals surface area contributed by atoms with E-state index in [4.69, 9.17) is 4.99 Å². The van der Waals surface area contributed by atoms with Gasteiger partial charge in [-0.3, -0.25) is 4.99 Å². The van der Waals surface area contributed by atoms with Crippen LogP contribution in [-0.2, 0) is 0 Å². The van der Waals surface area contributed by atoms with Crippen LogP contribution in [0.15, 0.2) is 77.1 Å². The van der Waals surface area contributed by atoms with E-state index in [-0.39, 0.29) is 5.75 Å². The van der Waals surface area contributed by atoms with Crippen LogP contribution in [0.2, 0.25) is 0 Å². The molecule has 3 aromatic carbocycles. The first-order valence-corrected chi connectivity index (χ1v) is 10.2. The fraction of sp³-hybridized carbons (Fsp3) is 0.125. The number of benzene rings is 3. The number of aliphatic imine (C=N–C) groups is 1. The SMILES string of the molecule is Cc1csc([C@H](C#N)C=N[C@@H](c2ccccc2)c2c(O)ccc3ccccc23)n1. The highest BCUT2D eigenvalue weighted by molar-refractivity contribution is 7.09. The molecule has 5 heteroatoms. The second kappa shape index (κ2) is 8.26. The number of fused-ring (bicyclic) bond motifs is 1. The lowest BCUT2D eigenvalue weighted by molar-refractivity contribution is 0.467. The van der Waals surface area contributed by atoms with E-state index in [2.05, 4.69) is 11.1 Å². The normalized spacial score (nSPS) is 13.4. The van der Waals surface area contributed by atoms with Gasteiger partial charge < -0.3 is 5.11 Å². The number of nitrogens with zero attached hydrogens (tertiary/aromatic N) is 3. The molecule has 0 aliphatic carbocycles. The number of aromatic nitrogens is 1. The van der Waals surface area contributed by atoms with Crippen LogP contribution in [-0.4, -0.2) is 16.3 Å². The molecule has 0 fully saturated rings. The smallest absolute Gasteiger partial charge is 0.133 e. The maximum Gasteiger partial charge on any atom is 0.133 e. The van der Waals surface area contributed by atoms with Crippen molar-refractivity contribution in [2.24, 2.45) is 4.99 Å². The Hall–Kier alpha value is -3.49. The van der Waals surface area contributed by atoms with E-state index in [1.54, 1.807) is 12.3 Å². The third-order valence-corrected chi connectivity index (χ3v) is 5.81. The molecule has 1 N–H and O–H groups in total. The highest BCUT2D eigenvalue weighted by atomic mass is 32.1. The zero-order valence-electron chi connectivity index (χ0n) is 15.9. The van der Waals surface area contributed by atoms with Crippen LogP contribution in [0.25, 0.3) is 10.8 Å². The number of hydrogen-bond donors (Lipinski definition) is 1. The zero-order valence-corrected chi connectivity index (χ0v) is 16.7. The summed E-state index contributed by atoms with van der Waals surface area (Å²) in [6, 6.07) is 23.2. The van der Waals surface area contributed by atoms with Crippen molar-refractivity contribution in [1.82, 2.24) is 4.98 Å². The van der Waals surface area contributed by atoms with Crippen molar-refractivity contribution in [2.45, 2.75) is 18.9 Å². The molecule has 142 valence electrons. The summed E-state index contributed by atoms with van der Waals surface area (Å²) in [4.78, 5) is 9.22. The summed E-state index contributed by atoms with van der Waals surface area (Å²) in [6.45, 7) is 1.91. The fourth-order valence-electron chi connectivity index (χ4n) is 3.37. The van der Waals surface area contributed by atoms with E-state index >= 15 is 0 Å². The van der Waals surface area contributed by atoms with Crippen LogP contribution in [0.1, 0.15) is 33.8 Å². The topological polar surface area (TPSA) is 69.3 Å². The molecule has 0 spiro atoms. The summed E-state index contributed by atoms with van der Waals surface area (Å²) in [5.74, 6) is -0.342. The van der Waals surface area contributed by atoms with Crippen LogP contribution >= 0.6 is 11.3 Å². The number of nitriles is 1. The first kappa shape index (κ1) is 18.9. The molecule has 4 nitrogen and oxygen atoms in total. The van der Waals surface area contributed by atoms with E-state index < -0.39 is 12.0 Å². The van der Waals surface area contributed by atoms with Gasteiger partial charge in [0.05, 0.1) is 6.07 Å². The largest absolute Gasteiger partial charge is 0.508 e. The highest BCUT2D eigenvalue weighted by Gasteiger charge is 2.21. The van der Waals surface area contributed by atoms with E-state index in [0.29, 0.717) is 0 Å². The maximum absolute atomic E-state index is 10.7. The van der Waals surface area contributed by atoms with Crippen molar-refractivity contribution < 1.29 is 5.11 Å². The fourth-order valence-corrected chi connectivity index (χ4v) is 4.17. The van der Waals surface area contributed by atoms with Gasteiger partial charge >= 0.3 is 0 Å². The number of aryl methyl sites for hydroxylation is 1. The zero-order chi connectivity index (χ0) is 20.2. The molecule has 29 heavy (non-hydrogen) atoms. The van der Waals surface area contributed by atoms with E-state index in [0.717, 1.165) is 32.6 Å². The Labute approximate surface area is 173 Å². The average Bonchev–Trinajstić information content (AvgIpc) is 3.19. The minimum absolute atomic E-state index is 0.188. The molecule has 0 amide bonds. The molecule has 0 aliphatic rings. The lowest BCUT2D eigenvalue weighted by Crippen LogP contribution is -2.04. The Kier molecular flexibility index (Phi) is 5.37. The Bertz CT molecular complexity index is 1210. The van der Waals surface area contributed by atoms with Gasteiger partial charge in [-0.1, -0.05) is 60.7 Å². The Morgan fingerprint density at radius 3 is 2.55 bits per heavy atom. The standard InChI is InChI=1S/C24H19N3OS/c1-16-15-29-24(27-16)19(13-25)14-26-23(18-8-3-2-4-9-18)22-20-10-6-5-7-17(20)11-12-21(22)28/h2-12,14-15,19,23,28H,1H3/t19-,23+/m1/s1. The molecule has 1 heterocycles. The van der Waals surface area contributed by atoms with Crippen molar-refractivity contribution in [3.8, 4) is 11.8 Å². The monoisotopic (exact) mass is 397 g/mol. The molecule has 2 atom stereocenters. The number of rotatable bonds is 5. The predicted molar refractivity (Wildman–Crippen MR) is 118 cm³/mol.